The summed E-state index contributed by atoms with van der Waals surface area (Å²) in [5, 5.41) is 5.06. The molecular formula is C22H17NO4. The molecule has 3 aromatic carbocycles. The van der Waals surface area contributed by atoms with Crippen molar-refractivity contribution in [3.05, 3.63) is 89.6 Å². The van der Waals surface area contributed by atoms with Crippen LogP contribution in [-0.4, -0.2) is 18.2 Å². The first-order chi connectivity index (χ1) is 13.2. The zero-order valence-corrected chi connectivity index (χ0v) is 14.7. The fraction of sp³-hybridized carbons (Fsp3) is 0.0909. The van der Waals surface area contributed by atoms with E-state index in [1.54, 1.807) is 43.5 Å². The number of nitrogens with zero attached hydrogens (tertiary/aromatic N) is 1. The number of methoxy groups -OCH3 is 1. The summed E-state index contributed by atoms with van der Waals surface area (Å²) in [6, 6.07) is 22.1. The Morgan fingerprint density at radius 2 is 1.70 bits per heavy atom. The highest BCUT2D eigenvalue weighted by Gasteiger charge is 2.13. The van der Waals surface area contributed by atoms with Crippen molar-refractivity contribution in [3.8, 4) is 11.5 Å². The molecule has 134 valence electrons. The molecule has 0 saturated carbocycles. The lowest BCUT2D eigenvalue weighted by molar-refractivity contribution is 0.0735. The molecule has 5 heteroatoms. The van der Waals surface area contributed by atoms with E-state index < -0.39 is 5.97 Å². The van der Waals surface area contributed by atoms with Gasteiger partial charge in [0.2, 0.25) is 0 Å². The number of esters is 1. The molecule has 0 N–H and O–H groups in total. The van der Waals surface area contributed by atoms with Gasteiger partial charge in [0.15, 0.2) is 5.58 Å². The van der Waals surface area contributed by atoms with E-state index in [4.69, 9.17) is 14.0 Å². The smallest absolute Gasteiger partial charge is 0.343 e. The van der Waals surface area contributed by atoms with E-state index in [2.05, 4.69) is 5.16 Å². The normalized spacial score (nSPS) is 10.7. The molecular weight excluding hydrogens is 342 g/mol. The second kappa shape index (κ2) is 7.33. The van der Waals surface area contributed by atoms with E-state index in [0.29, 0.717) is 29.1 Å². The summed E-state index contributed by atoms with van der Waals surface area (Å²) in [6.45, 7) is 0. The number of hydrogen-bond acceptors (Lipinski definition) is 5. The molecule has 0 unspecified atom stereocenters. The minimum Gasteiger partial charge on any atom is -0.497 e. The van der Waals surface area contributed by atoms with Gasteiger partial charge in [0.1, 0.15) is 11.5 Å². The highest BCUT2D eigenvalue weighted by Crippen LogP contribution is 2.26. The second-order valence-corrected chi connectivity index (χ2v) is 6.07. The van der Waals surface area contributed by atoms with Gasteiger partial charge in [-0.15, -0.1) is 0 Å². The molecule has 0 aliphatic heterocycles. The lowest BCUT2D eigenvalue weighted by atomic mass is 10.1. The second-order valence-electron chi connectivity index (χ2n) is 6.07. The number of carbonyl (C=O) groups is 1. The van der Waals surface area contributed by atoms with Gasteiger partial charge in [-0.3, -0.25) is 0 Å². The van der Waals surface area contributed by atoms with Crippen LogP contribution in [0.2, 0.25) is 0 Å². The van der Waals surface area contributed by atoms with Crippen LogP contribution >= 0.6 is 0 Å². The Morgan fingerprint density at radius 1 is 0.963 bits per heavy atom. The molecule has 0 aliphatic carbocycles. The van der Waals surface area contributed by atoms with Crippen molar-refractivity contribution in [3.63, 3.8) is 0 Å². The Hall–Kier alpha value is -3.60. The molecule has 0 saturated heterocycles. The molecule has 0 amide bonds. The molecule has 1 heterocycles. The first-order valence-corrected chi connectivity index (χ1v) is 8.51. The third-order valence-electron chi connectivity index (χ3n) is 4.27. The van der Waals surface area contributed by atoms with E-state index >= 15 is 0 Å². The van der Waals surface area contributed by atoms with Crippen molar-refractivity contribution in [2.24, 2.45) is 0 Å². The van der Waals surface area contributed by atoms with Gasteiger partial charge in [-0.2, -0.15) is 0 Å². The number of rotatable bonds is 5. The van der Waals surface area contributed by atoms with Crippen molar-refractivity contribution >= 4 is 16.9 Å². The van der Waals surface area contributed by atoms with Gasteiger partial charge in [0.25, 0.3) is 0 Å². The summed E-state index contributed by atoms with van der Waals surface area (Å²) in [4.78, 5) is 12.3. The topological polar surface area (TPSA) is 61.6 Å². The SMILES string of the molecule is COc1ccc(C(=O)Oc2ccc3c(Cc4ccccc4)noc3c2)cc1. The van der Waals surface area contributed by atoms with Crippen LogP contribution < -0.4 is 9.47 Å². The van der Waals surface area contributed by atoms with Gasteiger partial charge >= 0.3 is 5.97 Å². The average molecular weight is 359 g/mol. The lowest BCUT2D eigenvalue weighted by Crippen LogP contribution is -2.08. The van der Waals surface area contributed by atoms with E-state index in [1.165, 1.54) is 0 Å². The van der Waals surface area contributed by atoms with Crippen LogP contribution in [0.5, 0.6) is 11.5 Å². The monoisotopic (exact) mass is 359 g/mol. The first kappa shape index (κ1) is 16.8. The highest BCUT2D eigenvalue weighted by atomic mass is 16.5. The van der Waals surface area contributed by atoms with Crippen molar-refractivity contribution < 1.29 is 18.8 Å². The first-order valence-electron chi connectivity index (χ1n) is 8.51. The fourth-order valence-electron chi connectivity index (χ4n) is 2.84. The molecule has 0 fully saturated rings. The van der Waals surface area contributed by atoms with Gasteiger partial charge in [-0.1, -0.05) is 35.5 Å². The summed E-state index contributed by atoms with van der Waals surface area (Å²) in [7, 11) is 1.58. The molecule has 5 nitrogen and oxygen atoms in total. The van der Waals surface area contributed by atoms with Crippen LogP contribution in [0.1, 0.15) is 21.6 Å². The molecule has 0 atom stereocenters. The Labute approximate surface area is 156 Å². The van der Waals surface area contributed by atoms with Gasteiger partial charge < -0.3 is 14.0 Å². The molecule has 27 heavy (non-hydrogen) atoms. The largest absolute Gasteiger partial charge is 0.497 e. The Balaban J connectivity index is 1.52. The molecule has 4 rings (SSSR count). The zero-order valence-electron chi connectivity index (χ0n) is 14.7. The third kappa shape index (κ3) is 3.67. The molecule has 0 spiro atoms. The number of hydrogen-bond donors (Lipinski definition) is 0. The predicted octanol–water partition coefficient (Wildman–Crippen LogP) is 4.65. The van der Waals surface area contributed by atoms with E-state index in [1.807, 2.05) is 36.4 Å². The summed E-state index contributed by atoms with van der Waals surface area (Å²) >= 11 is 0. The third-order valence-corrected chi connectivity index (χ3v) is 4.27. The van der Waals surface area contributed by atoms with Crippen LogP contribution in [0.25, 0.3) is 11.0 Å². The minimum atomic E-state index is -0.443. The van der Waals surface area contributed by atoms with Crippen molar-refractivity contribution in [1.29, 1.82) is 0 Å². The number of benzene rings is 3. The molecule has 4 aromatic rings. The van der Waals surface area contributed by atoms with E-state index in [0.717, 1.165) is 16.6 Å². The van der Waals surface area contributed by atoms with Crippen LogP contribution in [0.15, 0.2) is 77.3 Å². The molecule has 0 bridgehead atoms. The predicted molar refractivity (Wildman–Crippen MR) is 101 cm³/mol. The van der Waals surface area contributed by atoms with Crippen molar-refractivity contribution in [1.82, 2.24) is 5.16 Å². The molecule has 0 aliphatic rings. The van der Waals surface area contributed by atoms with Gasteiger partial charge in [0.05, 0.1) is 18.4 Å². The number of ether oxygens (including phenoxy) is 2. The van der Waals surface area contributed by atoms with Crippen molar-refractivity contribution in [2.45, 2.75) is 6.42 Å². The maximum Gasteiger partial charge on any atom is 0.343 e. The lowest BCUT2D eigenvalue weighted by Gasteiger charge is -2.05. The minimum absolute atomic E-state index is 0.408. The van der Waals surface area contributed by atoms with E-state index in [9.17, 15) is 4.79 Å². The quantitative estimate of drug-likeness (QED) is 0.383. The standard InChI is InChI=1S/C22H17NO4/c1-25-17-9-7-16(8-10-17)22(24)26-18-11-12-19-20(23-27-21(19)14-18)13-15-5-3-2-4-6-15/h2-12,14H,13H2,1H3. The Bertz CT molecular complexity index is 1070. The fourth-order valence-corrected chi connectivity index (χ4v) is 2.84. The molecule has 1 aromatic heterocycles. The van der Waals surface area contributed by atoms with Gasteiger partial charge in [-0.05, 0) is 42.0 Å². The van der Waals surface area contributed by atoms with Crippen LogP contribution in [0.4, 0.5) is 0 Å². The van der Waals surface area contributed by atoms with Gasteiger partial charge in [0, 0.05) is 17.9 Å². The zero-order chi connectivity index (χ0) is 18.6. The van der Waals surface area contributed by atoms with Crippen molar-refractivity contribution in [2.75, 3.05) is 7.11 Å². The van der Waals surface area contributed by atoms with Crippen LogP contribution in [0.3, 0.4) is 0 Å². The van der Waals surface area contributed by atoms with Crippen LogP contribution in [0, 0.1) is 0 Å². The summed E-state index contributed by atoms with van der Waals surface area (Å²) in [5.41, 5.74) is 3.03. The number of aromatic nitrogens is 1. The number of carbonyl (C=O) groups excluding carboxylic acids is 1. The highest BCUT2D eigenvalue weighted by molar-refractivity contribution is 5.92. The average Bonchev–Trinajstić information content (AvgIpc) is 3.11. The van der Waals surface area contributed by atoms with E-state index in [-0.39, 0.29) is 0 Å². The van der Waals surface area contributed by atoms with Gasteiger partial charge in [-0.25, -0.2) is 4.79 Å². The summed E-state index contributed by atoms with van der Waals surface area (Å²) in [5.74, 6) is 0.646. The molecule has 0 radical (unpaired) electrons. The Morgan fingerprint density at radius 3 is 2.44 bits per heavy atom. The summed E-state index contributed by atoms with van der Waals surface area (Å²) in [6.07, 6.45) is 0.679. The summed E-state index contributed by atoms with van der Waals surface area (Å²) < 4.78 is 16.0. The Kier molecular flexibility index (Phi) is 4.58. The maximum atomic E-state index is 12.3. The van der Waals surface area contributed by atoms with Crippen LogP contribution in [-0.2, 0) is 6.42 Å². The number of fused-ring (bicyclic) bond motifs is 1. The maximum absolute atomic E-state index is 12.3.